The van der Waals surface area contributed by atoms with Gasteiger partial charge in [0.05, 0.1) is 25.0 Å². The van der Waals surface area contributed by atoms with Crippen molar-refractivity contribution in [3.63, 3.8) is 0 Å². The van der Waals surface area contributed by atoms with Gasteiger partial charge in [0.2, 0.25) is 0 Å². The number of carbonyl (C=O) groups is 3. The smallest absolute Gasteiger partial charge is 0.410 e. The number of rotatable bonds is 5. The Morgan fingerprint density at radius 2 is 2.06 bits per heavy atom. The molecule has 9 nitrogen and oxygen atoms in total. The Hall–Kier alpha value is -4.05. The summed E-state index contributed by atoms with van der Waals surface area (Å²) in [5.41, 5.74) is 2.45. The van der Waals surface area contributed by atoms with Crippen molar-refractivity contribution in [1.29, 1.82) is 0 Å². The third-order valence-corrected chi connectivity index (χ3v) is 6.87. The molecule has 0 spiro atoms. The molecule has 2 aromatic heterocycles. The van der Waals surface area contributed by atoms with Crippen molar-refractivity contribution in [2.45, 2.75) is 26.1 Å². The number of esters is 1. The number of ether oxygens (including phenoxy) is 2. The Balaban J connectivity index is 1.25. The lowest BCUT2D eigenvalue weighted by molar-refractivity contribution is -0.128. The molecule has 2 N–H and O–H groups in total. The minimum atomic E-state index is -0.524. The van der Waals surface area contributed by atoms with Gasteiger partial charge < -0.3 is 29.4 Å². The maximum Gasteiger partial charge on any atom is 0.410 e. The van der Waals surface area contributed by atoms with Crippen LogP contribution in [0.2, 0.25) is 0 Å². The first-order chi connectivity index (χ1) is 17.0. The fourth-order valence-corrected chi connectivity index (χ4v) is 5.36. The first-order valence-electron chi connectivity index (χ1n) is 11.2. The second-order valence-electron chi connectivity index (χ2n) is 7.97. The Morgan fingerprint density at radius 3 is 2.80 bits per heavy atom. The van der Waals surface area contributed by atoms with E-state index in [0.29, 0.717) is 43.2 Å². The van der Waals surface area contributed by atoms with E-state index < -0.39 is 12.1 Å². The summed E-state index contributed by atoms with van der Waals surface area (Å²) >= 11 is 1.49. The van der Waals surface area contributed by atoms with Crippen LogP contribution >= 0.6 is 11.3 Å². The van der Waals surface area contributed by atoms with E-state index in [2.05, 4.69) is 10.6 Å². The van der Waals surface area contributed by atoms with Gasteiger partial charge in [-0.2, -0.15) is 0 Å². The van der Waals surface area contributed by atoms with Crippen LogP contribution < -0.4 is 15.4 Å². The molecule has 10 heteroatoms. The van der Waals surface area contributed by atoms with Crippen LogP contribution in [0, 0.1) is 0 Å². The number of nitrogens with zero attached hydrogens (tertiary/aromatic N) is 1. The topological polar surface area (TPSA) is 110 Å². The predicted molar refractivity (Wildman–Crippen MR) is 129 cm³/mol. The van der Waals surface area contributed by atoms with Crippen LogP contribution in [0.5, 0.6) is 5.75 Å². The molecule has 3 aromatic rings. The molecule has 5 rings (SSSR count). The molecule has 0 saturated carbocycles. The number of benzene rings is 1. The highest BCUT2D eigenvalue weighted by atomic mass is 32.1. The molecular formula is C25H23N3O6S. The molecule has 4 heterocycles. The lowest BCUT2D eigenvalue weighted by atomic mass is 10.0. The second-order valence-corrected chi connectivity index (χ2v) is 9.07. The standard InChI is InChI=1S/C25H23N3O6S/c1-2-32-25(31)28-12-11-18-19(14-28)35-24-21(18)23(30)26-22(27-24)15-5-7-17(8-6-15)34-20(29)10-9-16-4-3-13-33-16/h3-10,13,22,27H,2,11-12,14H2,1H3,(H,26,30)/b10-9+. The Kier molecular flexibility index (Phi) is 6.28. The van der Waals surface area contributed by atoms with Gasteiger partial charge in [0, 0.05) is 17.5 Å². The molecule has 180 valence electrons. The molecule has 0 fully saturated rings. The van der Waals surface area contributed by atoms with Gasteiger partial charge >= 0.3 is 12.1 Å². The summed E-state index contributed by atoms with van der Waals surface area (Å²) in [6.45, 7) is 3.05. The number of nitrogens with one attached hydrogen (secondary N) is 2. The van der Waals surface area contributed by atoms with E-state index in [1.807, 2.05) is 0 Å². The van der Waals surface area contributed by atoms with Gasteiger partial charge in [-0.25, -0.2) is 9.59 Å². The molecule has 0 radical (unpaired) electrons. The molecule has 2 amide bonds. The summed E-state index contributed by atoms with van der Waals surface area (Å²) in [7, 11) is 0. The molecule has 1 unspecified atom stereocenters. The monoisotopic (exact) mass is 493 g/mol. The van der Waals surface area contributed by atoms with E-state index in [1.165, 1.54) is 29.8 Å². The molecule has 0 saturated heterocycles. The normalized spacial score (nSPS) is 16.8. The minimum absolute atomic E-state index is 0.149. The zero-order valence-corrected chi connectivity index (χ0v) is 19.7. The van der Waals surface area contributed by atoms with Crippen molar-refractivity contribution in [1.82, 2.24) is 10.2 Å². The Labute approximate surface area is 205 Å². The lowest BCUT2D eigenvalue weighted by Gasteiger charge is -2.28. The summed E-state index contributed by atoms with van der Waals surface area (Å²) in [5.74, 6) is 0.268. The molecule has 2 aliphatic heterocycles. The van der Waals surface area contributed by atoms with Crippen LogP contribution in [0.15, 0.2) is 53.2 Å². The van der Waals surface area contributed by atoms with Gasteiger partial charge in [-0.15, -0.1) is 11.3 Å². The molecule has 0 aliphatic carbocycles. The van der Waals surface area contributed by atoms with Crippen molar-refractivity contribution in [2.75, 3.05) is 18.5 Å². The van der Waals surface area contributed by atoms with Crippen molar-refractivity contribution < 1.29 is 28.3 Å². The zero-order valence-electron chi connectivity index (χ0n) is 18.9. The predicted octanol–water partition coefficient (Wildman–Crippen LogP) is 4.33. The number of furan rings is 1. The first kappa shape index (κ1) is 22.7. The van der Waals surface area contributed by atoms with Crippen molar-refractivity contribution in [3.8, 4) is 5.75 Å². The number of carbonyl (C=O) groups excluding carboxylic acids is 3. The van der Waals surface area contributed by atoms with Crippen molar-refractivity contribution in [2.24, 2.45) is 0 Å². The molecule has 0 bridgehead atoms. The average Bonchev–Trinajstić information content (AvgIpc) is 3.50. The third-order valence-electron chi connectivity index (χ3n) is 5.72. The van der Waals surface area contributed by atoms with Crippen LogP contribution in [0.1, 0.15) is 45.2 Å². The Morgan fingerprint density at radius 1 is 1.23 bits per heavy atom. The van der Waals surface area contributed by atoms with Gasteiger partial charge in [0.1, 0.15) is 22.7 Å². The highest BCUT2D eigenvalue weighted by Gasteiger charge is 2.34. The first-order valence-corrected chi connectivity index (χ1v) is 12.0. The van der Waals surface area contributed by atoms with Crippen LogP contribution in [0.25, 0.3) is 6.08 Å². The van der Waals surface area contributed by atoms with Crippen molar-refractivity contribution >= 4 is 40.4 Å². The fourth-order valence-electron chi connectivity index (χ4n) is 4.07. The molecule has 2 aliphatic rings. The number of fused-ring (bicyclic) bond motifs is 3. The van der Waals surface area contributed by atoms with E-state index in [1.54, 1.807) is 48.2 Å². The highest BCUT2D eigenvalue weighted by Crippen LogP contribution is 2.41. The summed E-state index contributed by atoms with van der Waals surface area (Å²) in [6, 6.07) is 10.4. The number of hydrogen-bond donors (Lipinski definition) is 2. The van der Waals surface area contributed by atoms with Gasteiger partial charge in [-0.1, -0.05) is 12.1 Å². The zero-order chi connectivity index (χ0) is 24.4. The number of thiophene rings is 1. The van der Waals surface area contributed by atoms with E-state index >= 15 is 0 Å². The maximum absolute atomic E-state index is 13.0. The van der Waals surface area contributed by atoms with E-state index in [9.17, 15) is 14.4 Å². The van der Waals surface area contributed by atoms with E-state index in [4.69, 9.17) is 13.9 Å². The quantitative estimate of drug-likeness (QED) is 0.309. The number of hydrogen-bond acceptors (Lipinski definition) is 8. The van der Waals surface area contributed by atoms with Crippen LogP contribution in [-0.2, 0) is 22.5 Å². The summed E-state index contributed by atoms with van der Waals surface area (Å²) in [6.07, 6.45) is 4.18. The second kappa shape index (κ2) is 9.67. The number of amides is 2. The van der Waals surface area contributed by atoms with Gasteiger partial charge in [0.15, 0.2) is 0 Å². The summed E-state index contributed by atoms with van der Waals surface area (Å²) in [4.78, 5) is 39.7. The molecule has 1 aromatic carbocycles. The van der Waals surface area contributed by atoms with Crippen LogP contribution in [0.4, 0.5) is 9.80 Å². The highest BCUT2D eigenvalue weighted by molar-refractivity contribution is 7.16. The average molecular weight is 494 g/mol. The summed E-state index contributed by atoms with van der Waals surface area (Å²) in [5, 5.41) is 7.17. The lowest BCUT2D eigenvalue weighted by Crippen LogP contribution is -2.39. The van der Waals surface area contributed by atoms with E-state index in [-0.39, 0.29) is 12.0 Å². The molecule has 35 heavy (non-hydrogen) atoms. The van der Waals surface area contributed by atoms with Gasteiger partial charge in [-0.3, -0.25) is 4.79 Å². The van der Waals surface area contributed by atoms with Crippen LogP contribution in [0.3, 0.4) is 0 Å². The largest absolute Gasteiger partial charge is 0.465 e. The number of anilines is 1. The molecule has 1 atom stereocenters. The van der Waals surface area contributed by atoms with E-state index in [0.717, 1.165) is 21.0 Å². The summed E-state index contributed by atoms with van der Waals surface area (Å²) < 4.78 is 15.6. The minimum Gasteiger partial charge on any atom is -0.465 e. The van der Waals surface area contributed by atoms with Gasteiger partial charge in [-0.05, 0) is 54.8 Å². The maximum atomic E-state index is 13.0. The van der Waals surface area contributed by atoms with Crippen molar-refractivity contribution in [3.05, 3.63) is 76.1 Å². The SMILES string of the molecule is CCOC(=O)N1CCc2c(sc3c2C(=O)NC(c2ccc(OC(=O)/C=C/c4ccco4)cc2)N3)C1. The Bertz CT molecular complexity index is 1280. The molecular weight excluding hydrogens is 470 g/mol. The van der Waals surface area contributed by atoms with Crippen LogP contribution in [-0.4, -0.2) is 36.0 Å². The third kappa shape index (κ3) is 4.78. The fraction of sp³-hybridized carbons (Fsp3) is 0.240. The van der Waals surface area contributed by atoms with Gasteiger partial charge in [0.25, 0.3) is 5.91 Å².